The zero-order valence-corrected chi connectivity index (χ0v) is 11.1. The van der Waals surface area contributed by atoms with Crippen molar-refractivity contribution in [3.8, 4) is 0 Å². The number of nitrogens with zero attached hydrogens (tertiary/aromatic N) is 3. The Labute approximate surface area is 118 Å². The van der Waals surface area contributed by atoms with Gasteiger partial charge < -0.3 is 25.4 Å². The van der Waals surface area contributed by atoms with Crippen LogP contribution in [-0.4, -0.2) is 67.8 Å². The SMILES string of the molecule is OCC1OC[C@@H](Nc2nc(Cl)nc(Cl)n2)C(O)C1O. The lowest BCUT2D eigenvalue weighted by Crippen LogP contribution is -2.56. The highest BCUT2D eigenvalue weighted by Crippen LogP contribution is 2.19. The Kier molecular flexibility index (Phi) is 4.71. The molecule has 1 aliphatic rings. The minimum Gasteiger partial charge on any atom is -0.394 e. The fourth-order valence-electron chi connectivity index (χ4n) is 1.73. The van der Waals surface area contributed by atoms with Crippen LogP contribution in [-0.2, 0) is 4.74 Å². The molecule has 0 saturated carbocycles. The van der Waals surface area contributed by atoms with E-state index in [0.29, 0.717) is 0 Å². The van der Waals surface area contributed by atoms with Gasteiger partial charge in [0.2, 0.25) is 16.5 Å². The zero-order chi connectivity index (χ0) is 14.0. The molecule has 4 atom stereocenters. The molecule has 10 heteroatoms. The van der Waals surface area contributed by atoms with Gasteiger partial charge in [-0.25, -0.2) is 0 Å². The predicted octanol–water partition coefficient (Wildman–Crippen LogP) is -0.928. The molecule has 0 bridgehead atoms. The third-order valence-electron chi connectivity index (χ3n) is 2.71. The smallest absolute Gasteiger partial charge is 0.228 e. The van der Waals surface area contributed by atoms with Crippen LogP contribution in [0.3, 0.4) is 0 Å². The maximum atomic E-state index is 9.90. The van der Waals surface area contributed by atoms with Gasteiger partial charge in [0.1, 0.15) is 18.3 Å². The quantitative estimate of drug-likeness (QED) is 0.565. The molecule has 19 heavy (non-hydrogen) atoms. The van der Waals surface area contributed by atoms with Crippen LogP contribution in [0.1, 0.15) is 0 Å². The van der Waals surface area contributed by atoms with Crippen molar-refractivity contribution in [3.05, 3.63) is 10.6 Å². The van der Waals surface area contributed by atoms with Crippen LogP contribution in [0.2, 0.25) is 10.6 Å². The molecular formula is C9H12Cl2N4O4. The van der Waals surface area contributed by atoms with Crippen LogP contribution in [0.4, 0.5) is 5.95 Å². The molecule has 1 aliphatic heterocycles. The molecule has 1 saturated heterocycles. The lowest BCUT2D eigenvalue weighted by molar-refractivity contribution is -0.152. The highest BCUT2D eigenvalue weighted by molar-refractivity contribution is 6.31. The van der Waals surface area contributed by atoms with Crippen molar-refractivity contribution in [2.75, 3.05) is 18.5 Å². The van der Waals surface area contributed by atoms with Gasteiger partial charge in [0, 0.05) is 0 Å². The van der Waals surface area contributed by atoms with Crippen LogP contribution in [0.5, 0.6) is 0 Å². The molecule has 0 aromatic carbocycles. The Morgan fingerprint density at radius 1 is 1.16 bits per heavy atom. The summed E-state index contributed by atoms with van der Waals surface area (Å²) in [6.45, 7) is -0.321. The minimum atomic E-state index is -1.22. The molecule has 0 spiro atoms. The molecule has 2 rings (SSSR count). The molecule has 106 valence electrons. The van der Waals surface area contributed by atoms with Crippen molar-refractivity contribution in [2.24, 2.45) is 0 Å². The first kappa shape index (κ1) is 14.6. The number of anilines is 1. The van der Waals surface area contributed by atoms with E-state index in [9.17, 15) is 10.2 Å². The maximum absolute atomic E-state index is 9.90. The van der Waals surface area contributed by atoms with Crippen molar-refractivity contribution < 1.29 is 20.1 Å². The summed E-state index contributed by atoms with van der Waals surface area (Å²) in [5.74, 6) is 0.0623. The van der Waals surface area contributed by atoms with E-state index in [4.69, 9.17) is 33.0 Å². The first-order valence-electron chi connectivity index (χ1n) is 5.43. The topological polar surface area (TPSA) is 121 Å². The number of aliphatic hydroxyl groups excluding tert-OH is 3. The third kappa shape index (κ3) is 3.41. The van der Waals surface area contributed by atoms with E-state index in [1.54, 1.807) is 0 Å². The number of aromatic nitrogens is 3. The summed E-state index contributed by atoms with van der Waals surface area (Å²) in [5.41, 5.74) is 0. The summed E-state index contributed by atoms with van der Waals surface area (Å²) in [5, 5.41) is 31.1. The van der Waals surface area contributed by atoms with Crippen LogP contribution in [0.25, 0.3) is 0 Å². The Bertz CT molecular complexity index is 432. The first-order chi connectivity index (χ1) is 9.01. The minimum absolute atomic E-state index is 0.0599. The molecule has 1 aromatic rings. The highest BCUT2D eigenvalue weighted by Gasteiger charge is 2.38. The number of halogens is 2. The molecule has 4 N–H and O–H groups in total. The number of aliphatic hydroxyl groups is 3. The van der Waals surface area contributed by atoms with Crippen LogP contribution in [0, 0.1) is 0 Å². The van der Waals surface area contributed by atoms with Gasteiger partial charge in [0.25, 0.3) is 0 Å². The summed E-state index contributed by atoms with van der Waals surface area (Å²) in [6, 6.07) is -0.660. The summed E-state index contributed by atoms with van der Waals surface area (Å²) < 4.78 is 5.20. The van der Waals surface area contributed by atoms with E-state index in [1.165, 1.54) is 0 Å². The van der Waals surface area contributed by atoms with Crippen molar-refractivity contribution in [1.29, 1.82) is 0 Å². The average molecular weight is 311 g/mol. The Morgan fingerprint density at radius 2 is 1.79 bits per heavy atom. The number of ether oxygens (including phenoxy) is 1. The molecule has 1 fully saturated rings. The highest BCUT2D eigenvalue weighted by atomic mass is 35.5. The second-order valence-electron chi connectivity index (χ2n) is 3.98. The largest absolute Gasteiger partial charge is 0.394 e. The summed E-state index contributed by atoms with van der Waals surface area (Å²) in [6.07, 6.45) is -3.19. The van der Waals surface area contributed by atoms with E-state index in [-0.39, 0.29) is 29.7 Å². The van der Waals surface area contributed by atoms with Crippen LogP contribution >= 0.6 is 23.2 Å². The molecule has 8 nitrogen and oxygen atoms in total. The van der Waals surface area contributed by atoms with Gasteiger partial charge in [-0.2, -0.15) is 15.0 Å². The van der Waals surface area contributed by atoms with Crippen molar-refractivity contribution in [2.45, 2.75) is 24.4 Å². The zero-order valence-electron chi connectivity index (χ0n) is 9.57. The van der Waals surface area contributed by atoms with Crippen molar-refractivity contribution >= 4 is 29.2 Å². The van der Waals surface area contributed by atoms with E-state index in [1.807, 2.05) is 0 Å². The van der Waals surface area contributed by atoms with Gasteiger partial charge in [0.15, 0.2) is 0 Å². The van der Waals surface area contributed by atoms with Gasteiger partial charge in [-0.15, -0.1) is 0 Å². The van der Waals surface area contributed by atoms with Gasteiger partial charge >= 0.3 is 0 Å². The molecule has 0 radical (unpaired) electrons. The number of rotatable bonds is 3. The average Bonchev–Trinajstić information content (AvgIpc) is 2.34. The summed E-state index contributed by atoms with van der Waals surface area (Å²) >= 11 is 11.2. The fraction of sp³-hybridized carbons (Fsp3) is 0.667. The predicted molar refractivity (Wildman–Crippen MR) is 66.1 cm³/mol. The first-order valence-corrected chi connectivity index (χ1v) is 6.19. The van der Waals surface area contributed by atoms with Gasteiger partial charge in [-0.05, 0) is 23.2 Å². The van der Waals surface area contributed by atoms with E-state index >= 15 is 0 Å². The van der Waals surface area contributed by atoms with Gasteiger partial charge in [-0.1, -0.05) is 0 Å². The second-order valence-corrected chi connectivity index (χ2v) is 4.66. The number of hydrogen-bond acceptors (Lipinski definition) is 8. The summed E-state index contributed by atoms with van der Waals surface area (Å²) in [7, 11) is 0. The van der Waals surface area contributed by atoms with Crippen molar-refractivity contribution in [3.63, 3.8) is 0 Å². The van der Waals surface area contributed by atoms with E-state index < -0.39 is 24.4 Å². The monoisotopic (exact) mass is 310 g/mol. The molecule has 3 unspecified atom stereocenters. The molecule has 0 aliphatic carbocycles. The standard InChI is InChI=1S/C9H12Cl2N4O4/c10-7-13-8(11)15-9(14-7)12-3-2-19-4(1-16)6(18)5(3)17/h3-6,16-18H,1-2H2,(H,12,13,14,15)/t3-,4?,5?,6?/m1/s1. The van der Waals surface area contributed by atoms with Gasteiger partial charge in [0.05, 0.1) is 19.3 Å². The molecule has 1 aromatic heterocycles. The lowest BCUT2D eigenvalue weighted by atomic mass is 9.98. The molecule has 0 amide bonds. The number of nitrogens with one attached hydrogen (secondary N) is 1. The maximum Gasteiger partial charge on any atom is 0.228 e. The second kappa shape index (κ2) is 6.12. The number of hydrogen-bond donors (Lipinski definition) is 4. The van der Waals surface area contributed by atoms with E-state index in [2.05, 4.69) is 20.3 Å². The van der Waals surface area contributed by atoms with E-state index in [0.717, 1.165) is 0 Å². The fourth-order valence-corrected chi connectivity index (χ4v) is 2.09. The Morgan fingerprint density at radius 3 is 2.37 bits per heavy atom. The Balaban J connectivity index is 2.07. The lowest BCUT2D eigenvalue weighted by Gasteiger charge is -2.37. The van der Waals surface area contributed by atoms with Crippen molar-refractivity contribution in [1.82, 2.24) is 15.0 Å². The van der Waals surface area contributed by atoms with Crippen LogP contribution < -0.4 is 5.32 Å². The third-order valence-corrected chi connectivity index (χ3v) is 3.05. The summed E-state index contributed by atoms with van der Waals surface area (Å²) in [4.78, 5) is 11.1. The normalized spacial score (nSPS) is 31.2. The molecule has 2 heterocycles. The van der Waals surface area contributed by atoms with Gasteiger partial charge in [-0.3, -0.25) is 0 Å². The Hall–Kier alpha value is -0.770. The van der Waals surface area contributed by atoms with Crippen LogP contribution in [0.15, 0.2) is 0 Å². The molecular weight excluding hydrogens is 299 g/mol.